The average Bonchev–Trinajstić information content (AvgIpc) is 2.46. The Labute approximate surface area is 110 Å². The Morgan fingerprint density at radius 3 is 2.84 bits per heavy atom. The number of benzene rings is 2. The Balaban J connectivity index is 2.14. The Kier molecular flexibility index (Phi) is 3.74. The normalized spacial score (nSPS) is 9.63. The third kappa shape index (κ3) is 3.07. The number of nitriles is 1. The molecular formula is C14H11N3O2. The van der Waals surface area contributed by atoms with Crippen LogP contribution in [0.25, 0.3) is 0 Å². The van der Waals surface area contributed by atoms with Gasteiger partial charge in [-0.1, -0.05) is 6.07 Å². The van der Waals surface area contributed by atoms with Gasteiger partial charge in [0.1, 0.15) is 11.4 Å². The fourth-order valence-corrected chi connectivity index (χ4v) is 1.67. The molecule has 0 radical (unpaired) electrons. The molecule has 0 fully saturated rings. The minimum absolute atomic E-state index is 0.0938. The lowest BCUT2D eigenvalue weighted by Gasteiger charge is -2.08. The molecule has 0 aliphatic carbocycles. The Morgan fingerprint density at radius 1 is 1.26 bits per heavy atom. The van der Waals surface area contributed by atoms with E-state index < -0.39 is 0 Å². The standard InChI is InChI=1S/C14H11N3O2/c15-8-10-2-1-3-12(6-10)16-9-11-7-13(17-19)4-5-14(11)18/h1-7,16,18H,9H2. The van der Waals surface area contributed by atoms with Crippen LogP contribution >= 0.6 is 0 Å². The van der Waals surface area contributed by atoms with Crippen LogP contribution in [0.3, 0.4) is 0 Å². The number of nitroso groups, excluding NO2 is 1. The third-order valence-electron chi connectivity index (χ3n) is 2.64. The molecule has 0 saturated carbocycles. The number of phenolic OH excluding ortho intramolecular Hbond substituents is 1. The van der Waals surface area contributed by atoms with Crippen LogP contribution in [-0.2, 0) is 6.54 Å². The molecule has 0 aliphatic rings. The number of phenols is 1. The quantitative estimate of drug-likeness (QED) is 0.819. The van der Waals surface area contributed by atoms with E-state index in [0.717, 1.165) is 5.69 Å². The van der Waals surface area contributed by atoms with E-state index in [1.54, 1.807) is 18.2 Å². The fourth-order valence-electron chi connectivity index (χ4n) is 1.67. The second-order valence-electron chi connectivity index (χ2n) is 3.95. The SMILES string of the molecule is N#Cc1cccc(NCc2cc(N=O)ccc2O)c1. The van der Waals surface area contributed by atoms with E-state index in [2.05, 4.69) is 10.5 Å². The zero-order valence-electron chi connectivity index (χ0n) is 10.00. The van der Waals surface area contributed by atoms with Crippen molar-refractivity contribution in [2.24, 2.45) is 5.18 Å². The first kappa shape index (κ1) is 12.6. The van der Waals surface area contributed by atoms with Crippen LogP contribution < -0.4 is 5.32 Å². The van der Waals surface area contributed by atoms with Crippen molar-refractivity contribution in [1.29, 1.82) is 5.26 Å². The van der Waals surface area contributed by atoms with Crippen molar-refractivity contribution in [2.75, 3.05) is 5.32 Å². The molecule has 2 N–H and O–H groups in total. The minimum Gasteiger partial charge on any atom is -0.508 e. The predicted molar refractivity (Wildman–Crippen MR) is 72.0 cm³/mol. The molecule has 0 amide bonds. The number of aromatic hydroxyl groups is 1. The number of nitrogens with zero attached hydrogens (tertiary/aromatic N) is 2. The van der Waals surface area contributed by atoms with Crippen molar-refractivity contribution in [1.82, 2.24) is 0 Å². The van der Waals surface area contributed by atoms with Crippen LogP contribution in [0.2, 0.25) is 0 Å². The molecule has 0 aromatic heterocycles. The maximum Gasteiger partial charge on any atom is 0.120 e. The first-order valence-corrected chi connectivity index (χ1v) is 5.62. The van der Waals surface area contributed by atoms with Gasteiger partial charge < -0.3 is 10.4 Å². The lowest BCUT2D eigenvalue weighted by atomic mass is 10.1. The van der Waals surface area contributed by atoms with E-state index in [4.69, 9.17) is 5.26 Å². The van der Waals surface area contributed by atoms with Gasteiger partial charge in [0.25, 0.3) is 0 Å². The summed E-state index contributed by atoms with van der Waals surface area (Å²) in [7, 11) is 0. The molecule has 2 aromatic rings. The zero-order chi connectivity index (χ0) is 13.7. The maximum absolute atomic E-state index is 10.4. The lowest BCUT2D eigenvalue weighted by Crippen LogP contribution is -1.99. The molecule has 0 bridgehead atoms. The van der Waals surface area contributed by atoms with Crippen LogP contribution in [0.15, 0.2) is 47.6 Å². The van der Waals surface area contributed by atoms with Gasteiger partial charge in [0.2, 0.25) is 0 Å². The van der Waals surface area contributed by atoms with Gasteiger partial charge in [-0.05, 0) is 41.6 Å². The number of hydrogen-bond donors (Lipinski definition) is 2. The summed E-state index contributed by atoms with van der Waals surface area (Å²) in [5, 5.41) is 24.4. The van der Waals surface area contributed by atoms with Crippen molar-refractivity contribution >= 4 is 11.4 Å². The van der Waals surface area contributed by atoms with Gasteiger partial charge in [-0.15, -0.1) is 4.91 Å². The van der Waals surface area contributed by atoms with E-state index in [0.29, 0.717) is 17.7 Å². The molecule has 2 rings (SSSR count). The number of rotatable bonds is 4. The average molecular weight is 253 g/mol. The lowest BCUT2D eigenvalue weighted by molar-refractivity contribution is 0.469. The first-order valence-electron chi connectivity index (χ1n) is 5.62. The molecule has 0 atom stereocenters. The minimum atomic E-state index is 0.0938. The van der Waals surface area contributed by atoms with Gasteiger partial charge in [0, 0.05) is 17.8 Å². The molecule has 0 heterocycles. The van der Waals surface area contributed by atoms with E-state index in [-0.39, 0.29) is 11.4 Å². The highest BCUT2D eigenvalue weighted by Crippen LogP contribution is 2.24. The monoisotopic (exact) mass is 253 g/mol. The summed E-state index contributed by atoms with van der Waals surface area (Å²) in [6, 6.07) is 13.4. The van der Waals surface area contributed by atoms with E-state index >= 15 is 0 Å². The molecule has 5 heteroatoms. The molecule has 0 aliphatic heterocycles. The van der Waals surface area contributed by atoms with Gasteiger partial charge in [-0.2, -0.15) is 5.26 Å². The number of hydrogen-bond acceptors (Lipinski definition) is 5. The summed E-state index contributed by atoms with van der Waals surface area (Å²) in [6.45, 7) is 0.337. The molecule has 0 saturated heterocycles. The van der Waals surface area contributed by atoms with E-state index in [1.807, 2.05) is 12.1 Å². The van der Waals surface area contributed by atoms with Crippen LogP contribution in [0.5, 0.6) is 5.75 Å². The third-order valence-corrected chi connectivity index (χ3v) is 2.64. The topological polar surface area (TPSA) is 85.5 Å². The van der Waals surface area contributed by atoms with E-state index in [9.17, 15) is 10.0 Å². The predicted octanol–water partition coefficient (Wildman–Crippen LogP) is 3.27. The van der Waals surface area contributed by atoms with Crippen molar-refractivity contribution in [2.45, 2.75) is 6.54 Å². The molecule has 0 unspecified atom stereocenters. The first-order chi connectivity index (χ1) is 9.22. The highest BCUT2D eigenvalue weighted by molar-refractivity contribution is 5.52. The number of nitrogens with one attached hydrogen (secondary N) is 1. The van der Waals surface area contributed by atoms with Crippen LogP contribution in [0.1, 0.15) is 11.1 Å². The van der Waals surface area contributed by atoms with Gasteiger partial charge >= 0.3 is 0 Å². The largest absolute Gasteiger partial charge is 0.508 e. The smallest absolute Gasteiger partial charge is 0.120 e. The number of anilines is 1. The van der Waals surface area contributed by atoms with Crippen LogP contribution in [-0.4, -0.2) is 5.11 Å². The summed E-state index contributed by atoms with van der Waals surface area (Å²) in [5.41, 5.74) is 2.15. The molecule has 2 aromatic carbocycles. The van der Waals surface area contributed by atoms with Crippen molar-refractivity contribution in [3.8, 4) is 11.8 Å². The summed E-state index contributed by atoms with van der Waals surface area (Å²) >= 11 is 0. The highest BCUT2D eigenvalue weighted by Gasteiger charge is 2.03. The molecule has 0 spiro atoms. The fraction of sp³-hybridized carbons (Fsp3) is 0.0714. The Morgan fingerprint density at radius 2 is 2.11 bits per heavy atom. The Hall–Kier alpha value is -2.87. The highest BCUT2D eigenvalue weighted by atomic mass is 16.3. The van der Waals surface area contributed by atoms with Gasteiger partial charge in [0.15, 0.2) is 0 Å². The van der Waals surface area contributed by atoms with Gasteiger partial charge in [-0.25, -0.2) is 0 Å². The van der Waals surface area contributed by atoms with E-state index in [1.165, 1.54) is 18.2 Å². The Bertz CT molecular complexity index is 647. The van der Waals surface area contributed by atoms with Crippen LogP contribution in [0.4, 0.5) is 11.4 Å². The second kappa shape index (κ2) is 5.65. The maximum atomic E-state index is 10.4. The van der Waals surface area contributed by atoms with Crippen molar-refractivity contribution < 1.29 is 5.11 Å². The van der Waals surface area contributed by atoms with Gasteiger partial charge in [-0.3, -0.25) is 0 Å². The molecule has 94 valence electrons. The molecular weight excluding hydrogens is 242 g/mol. The summed E-state index contributed by atoms with van der Waals surface area (Å²) in [4.78, 5) is 10.4. The van der Waals surface area contributed by atoms with Crippen LogP contribution in [0, 0.1) is 16.2 Å². The second-order valence-corrected chi connectivity index (χ2v) is 3.95. The molecule has 19 heavy (non-hydrogen) atoms. The van der Waals surface area contributed by atoms with Crippen molar-refractivity contribution in [3.05, 3.63) is 58.5 Å². The van der Waals surface area contributed by atoms with Crippen molar-refractivity contribution in [3.63, 3.8) is 0 Å². The molecule has 5 nitrogen and oxygen atoms in total. The summed E-state index contributed by atoms with van der Waals surface area (Å²) in [6.07, 6.45) is 0. The summed E-state index contributed by atoms with van der Waals surface area (Å²) < 4.78 is 0. The zero-order valence-corrected chi connectivity index (χ0v) is 10.00. The summed E-state index contributed by atoms with van der Waals surface area (Å²) in [5.74, 6) is 0.0938. The van der Waals surface area contributed by atoms with Gasteiger partial charge in [0.05, 0.1) is 11.6 Å².